The van der Waals surface area contributed by atoms with Gasteiger partial charge < -0.3 is 4.90 Å². The predicted octanol–water partition coefficient (Wildman–Crippen LogP) is 2.72. The lowest BCUT2D eigenvalue weighted by atomic mass is 10.1. The average molecular weight is 471 g/mol. The summed E-state index contributed by atoms with van der Waals surface area (Å²) >= 11 is 0. The fourth-order valence-corrected chi connectivity index (χ4v) is 5.50. The molecule has 11 heteroatoms. The van der Waals surface area contributed by atoms with E-state index in [0.717, 1.165) is 18.2 Å². The van der Waals surface area contributed by atoms with Crippen molar-refractivity contribution in [3.8, 4) is 0 Å². The molecule has 6 nitrogen and oxygen atoms in total. The quantitative estimate of drug-likeness (QED) is 0.697. The summed E-state index contributed by atoms with van der Waals surface area (Å²) in [4.78, 5) is 16.0. The first kappa shape index (κ1) is 22.7. The molecule has 2 saturated heterocycles. The number of carbonyl (C=O) groups is 1. The summed E-state index contributed by atoms with van der Waals surface area (Å²) in [7, 11) is -4.14. The maximum atomic E-state index is 13.1. The largest absolute Gasteiger partial charge is 0.416 e. The fraction of sp³-hybridized carbons (Fsp3) is 0.381. The maximum Gasteiger partial charge on any atom is 0.416 e. The number of fused-ring (bicyclic) bond motifs is 1. The molecule has 0 aliphatic carbocycles. The van der Waals surface area contributed by atoms with E-state index in [0.29, 0.717) is 44.2 Å². The topological polar surface area (TPSA) is 69.7 Å². The van der Waals surface area contributed by atoms with Crippen LogP contribution in [0, 0.1) is 5.82 Å². The molecule has 1 N–H and O–H groups in total. The van der Waals surface area contributed by atoms with Crippen molar-refractivity contribution in [3.63, 3.8) is 0 Å². The van der Waals surface area contributed by atoms with Crippen molar-refractivity contribution in [2.75, 3.05) is 26.2 Å². The summed E-state index contributed by atoms with van der Waals surface area (Å²) in [5, 5.41) is 0. The van der Waals surface area contributed by atoms with E-state index in [1.807, 2.05) is 0 Å². The van der Waals surface area contributed by atoms with Gasteiger partial charge in [0.05, 0.1) is 10.5 Å². The number of benzene rings is 2. The number of piperazine rings is 1. The number of rotatable bonds is 4. The minimum atomic E-state index is -4.64. The van der Waals surface area contributed by atoms with Crippen molar-refractivity contribution in [3.05, 3.63) is 65.5 Å². The number of nitrogens with one attached hydrogen (secondary N) is 1. The molecular weight excluding hydrogens is 450 g/mol. The van der Waals surface area contributed by atoms with E-state index in [-0.39, 0.29) is 11.9 Å². The SMILES string of the molecule is O=C(c1ccc(F)cc1)N1CCN2CC(NS(=O)(=O)c3cccc(C(F)(F)F)c3)CC2C1. The molecular formula is C21H21F4N3O3S. The molecule has 2 unspecified atom stereocenters. The van der Waals surface area contributed by atoms with Gasteiger partial charge in [-0.2, -0.15) is 13.2 Å². The Morgan fingerprint density at radius 2 is 1.75 bits per heavy atom. The van der Waals surface area contributed by atoms with Crippen LogP contribution in [0.1, 0.15) is 22.3 Å². The Bertz CT molecular complexity index is 1110. The molecule has 1 amide bonds. The van der Waals surface area contributed by atoms with Gasteiger partial charge in [0.25, 0.3) is 5.91 Å². The first-order valence-electron chi connectivity index (χ1n) is 10.0. The van der Waals surface area contributed by atoms with Crippen molar-refractivity contribution in [1.29, 1.82) is 0 Å². The Morgan fingerprint density at radius 3 is 2.44 bits per heavy atom. The molecule has 2 atom stereocenters. The van der Waals surface area contributed by atoms with Crippen LogP contribution in [0.5, 0.6) is 0 Å². The van der Waals surface area contributed by atoms with Gasteiger partial charge in [-0.05, 0) is 48.9 Å². The van der Waals surface area contributed by atoms with Crippen LogP contribution in [-0.2, 0) is 16.2 Å². The van der Waals surface area contributed by atoms with Gasteiger partial charge in [-0.3, -0.25) is 9.69 Å². The lowest BCUT2D eigenvalue weighted by Crippen LogP contribution is -2.52. The lowest BCUT2D eigenvalue weighted by Gasteiger charge is -2.37. The Labute approximate surface area is 182 Å². The third kappa shape index (κ3) is 4.79. The zero-order chi connectivity index (χ0) is 23.1. The van der Waals surface area contributed by atoms with E-state index in [1.165, 1.54) is 24.3 Å². The van der Waals surface area contributed by atoms with E-state index < -0.39 is 38.5 Å². The van der Waals surface area contributed by atoms with E-state index in [1.54, 1.807) is 4.90 Å². The molecule has 0 saturated carbocycles. The van der Waals surface area contributed by atoms with Gasteiger partial charge >= 0.3 is 6.18 Å². The van der Waals surface area contributed by atoms with Gasteiger partial charge in [-0.15, -0.1) is 0 Å². The van der Waals surface area contributed by atoms with Crippen molar-refractivity contribution < 1.29 is 30.8 Å². The number of carbonyl (C=O) groups excluding carboxylic acids is 1. The van der Waals surface area contributed by atoms with Gasteiger partial charge in [-0.25, -0.2) is 17.5 Å². The molecule has 172 valence electrons. The minimum Gasteiger partial charge on any atom is -0.336 e. The summed E-state index contributed by atoms with van der Waals surface area (Å²) < 4.78 is 79.7. The molecule has 2 fully saturated rings. The third-order valence-electron chi connectivity index (χ3n) is 5.79. The third-order valence-corrected chi connectivity index (χ3v) is 7.31. The second kappa shape index (κ2) is 8.45. The molecule has 2 heterocycles. The Balaban J connectivity index is 1.41. The fourth-order valence-electron chi connectivity index (χ4n) is 4.21. The highest BCUT2D eigenvalue weighted by Crippen LogP contribution is 2.31. The number of halogens is 4. The summed E-state index contributed by atoms with van der Waals surface area (Å²) in [6.07, 6.45) is -4.22. The summed E-state index contributed by atoms with van der Waals surface area (Å²) in [5.41, 5.74) is -0.654. The van der Waals surface area contributed by atoms with Crippen molar-refractivity contribution in [2.45, 2.75) is 29.6 Å². The number of alkyl halides is 3. The zero-order valence-electron chi connectivity index (χ0n) is 16.8. The molecule has 0 aromatic heterocycles. The molecule has 0 radical (unpaired) electrons. The van der Waals surface area contributed by atoms with Crippen molar-refractivity contribution >= 4 is 15.9 Å². The standard InChI is InChI=1S/C21H21F4N3O3S/c22-16-6-4-14(5-7-16)20(29)28-9-8-27-12-17(11-18(27)13-28)26-32(30,31)19-3-1-2-15(10-19)21(23,24)25/h1-7,10,17-18,26H,8-9,11-13H2. The highest BCUT2D eigenvalue weighted by atomic mass is 32.2. The number of sulfonamides is 1. The molecule has 2 aliphatic rings. The molecule has 2 aromatic rings. The normalized spacial score (nSPS) is 22.1. The Hall–Kier alpha value is -2.50. The average Bonchev–Trinajstić information content (AvgIpc) is 3.14. The molecule has 0 bridgehead atoms. The first-order valence-corrected chi connectivity index (χ1v) is 11.5. The zero-order valence-corrected chi connectivity index (χ0v) is 17.7. The van der Waals surface area contributed by atoms with Crippen LogP contribution in [-0.4, -0.2) is 62.4 Å². The van der Waals surface area contributed by atoms with Crippen molar-refractivity contribution in [2.24, 2.45) is 0 Å². The predicted molar refractivity (Wildman–Crippen MR) is 108 cm³/mol. The van der Waals surface area contributed by atoms with E-state index in [9.17, 15) is 30.8 Å². The summed E-state index contributed by atoms with van der Waals surface area (Å²) in [6.45, 7) is 1.78. The molecule has 32 heavy (non-hydrogen) atoms. The van der Waals surface area contributed by atoms with Crippen LogP contribution in [0.3, 0.4) is 0 Å². The van der Waals surface area contributed by atoms with Crippen molar-refractivity contribution in [1.82, 2.24) is 14.5 Å². The summed E-state index contributed by atoms with van der Waals surface area (Å²) in [5.74, 6) is -0.657. The van der Waals surface area contributed by atoms with Gasteiger partial charge in [-0.1, -0.05) is 6.07 Å². The van der Waals surface area contributed by atoms with Gasteiger partial charge in [0, 0.05) is 43.8 Å². The van der Waals surface area contributed by atoms with Crippen LogP contribution in [0.15, 0.2) is 53.4 Å². The summed E-state index contributed by atoms with van der Waals surface area (Å²) in [6, 6.07) is 8.35. The second-order valence-corrected chi connectivity index (χ2v) is 9.70. The van der Waals surface area contributed by atoms with Gasteiger partial charge in [0.2, 0.25) is 10.0 Å². The monoisotopic (exact) mass is 471 g/mol. The van der Waals surface area contributed by atoms with Crippen LogP contribution < -0.4 is 4.72 Å². The Kier molecular flexibility index (Phi) is 5.99. The number of hydrogen-bond donors (Lipinski definition) is 1. The van der Waals surface area contributed by atoms with Gasteiger partial charge in [0.1, 0.15) is 5.82 Å². The van der Waals surface area contributed by atoms with E-state index in [4.69, 9.17) is 0 Å². The van der Waals surface area contributed by atoms with Crippen LogP contribution in [0.25, 0.3) is 0 Å². The highest BCUT2D eigenvalue weighted by Gasteiger charge is 2.39. The molecule has 0 spiro atoms. The molecule has 2 aliphatic heterocycles. The van der Waals surface area contributed by atoms with Crippen LogP contribution in [0.4, 0.5) is 17.6 Å². The number of nitrogens with zero attached hydrogens (tertiary/aromatic N) is 2. The van der Waals surface area contributed by atoms with Crippen LogP contribution >= 0.6 is 0 Å². The maximum absolute atomic E-state index is 13.1. The lowest BCUT2D eigenvalue weighted by molar-refractivity contribution is -0.137. The molecule has 4 rings (SSSR count). The Morgan fingerprint density at radius 1 is 1.03 bits per heavy atom. The highest BCUT2D eigenvalue weighted by molar-refractivity contribution is 7.89. The second-order valence-electron chi connectivity index (χ2n) is 7.99. The van der Waals surface area contributed by atoms with Gasteiger partial charge in [0.15, 0.2) is 0 Å². The van der Waals surface area contributed by atoms with Crippen LogP contribution in [0.2, 0.25) is 0 Å². The number of hydrogen-bond acceptors (Lipinski definition) is 4. The van der Waals surface area contributed by atoms with E-state index >= 15 is 0 Å². The van der Waals surface area contributed by atoms with E-state index in [2.05, 4.69) is 9.62 Å². The number of amides is 1. The minimum absolute atomic E-state index is 0.0812. The smallest absolute Gasteiger partial charge is 0.336 e. The molecule has 2 aromatic carbocycles. The first-order chi connectivity index (χ1) is 15.0.